The van der Waals surface area contributed by atoms with Crippen LogP contribution in [0, 0.1) is 0 Å². The van der Waals surface area contributed by atoms with E-state index in [0.29, 0.717) is 5.56 Å². The Morgan fingerprint density at radius 3 is 1.53 bits per heavy atom. The number of hydrogen-bond donors (Lipinski definition) is 1. The van der Waals surface area contributed by atoms with E-state index in [1.54, 1.807) is 0 Å². The minimum Gasteiger partial charge on any atom is -0.295 e. The fraction of sp³-hybridized carbons (Fsp3) is 0.774. The van der Waals surface area contributed by atoms with Crippen LogP contribution in [0.25, 0.3) is 0 Å². The first-order valence-corrected chi connectivity index (χ1v) is 14.1. The summed E-state index contributed by atoms with van der Waals surface area (Å²) in [6, 6.07) is 4.18. The Morgan fingerprint density at radius 2 is 1.15 bits per heavy atom. The van der Waals surface area contributed by atoms with E-state index in [2.05, 4.69) is 59.4 Å². The van der Waals surface area contributed by atoms with Gasteiger partial charge in [-0.05, 0) is 46.4 Å². The number of benzene rings is 1. The van der Waals surface area contributed by atoms with Crippen LogP contribution in [0.4, 0.5) is 0 Å². The molecule has 0 aromatic heterocycles. The van der Waals surface area contributed by atoms with Crippen molar-refractivity contribution in [2.45, 2.75) is 156 Å². The molecule has 3 nitrogen and oxygen atoms in total. The average Bonchev–Trinajstić information content (AvgIpc) is 2.77. The summed E-state index contributed by atoms with van der Waals surface area (Å²) >= 11 is 0. The fourth-order valence-electron chi connectivity index (χ4n) is 4.77. The van der Waals surface area contributed by atoms with Gasteiger partial charge in [0.25, 0.3) is 0 Å². The number of carbonyl (C=O) groups excluding carboxylic acids is 1. The second kappa shape index (κ2) is 15.6. The van der Waals surface area contributed by atoms with Gasteiger partial charge in [-0.15, -0.1) is 0 Å². The molecule has 34 heavy (non-hydrogen) atoms. The van der Waals surface area contributed by atoms with Gasteiger partial charge in [0.15, 0.2) is 0 Å². The van der Waals surface area contributed by atoms with Gasteiger partial charge in [0, 0.05) is 0 Å². The van der Waals surface area contributed by atoms with Gasteiger partial charge in [-0.2, -0.15) is 5.26 Å². The third-order valence-electron chi connectivity index (χ3n) is 7.01. The van der Waals surface area contributed by atoms with Crippen molar-refractivity contribution in [1.82, 2.24) is 0 Å². The van der Waals surface area contributed by atoms with Crippen molar-refractivity contribution in [3.05, 3.63) is 34.4 Å². The summed E-state index contributed by atoms with van der Waals surface area (Å²) in [5, 5.41) is 9.14. The molecule has 0 heterocycles. The van der Waals surface area contributed by atoms with Gasteiger partial charge in [-0.3, -0.25) is 4.89 Å². The summed E-state index contributed by atoms with van der Waals surface area (Å²) in [4.78, 5) is 16.7. The van der Waals surface area contributed by atoms with Crippen LogP contribution in [0.15, 0.2) is 12.1 Å². The highest BCUT2D eigenvalue weighted by atomic mass is 17.1. The topological polar surface area (TPSA) is 46.5 Å². The van der Waals surface area contributed by atoms with Crippen LogP contribution in [-0.4, -0.2) is 11.2 Å². The van der Waals surface area contributed by atoms with Crippen LogP contribution in [0.1, 0.15) is 165 Å². The summed E-state index contributed by atoms with van der Waals surface area (Å²) in [5.41, 5.74) is 3.68. The molecule has 0 radical (unpaired) electrons. The standard InChI is InChI=1S/C31H54O3/c1-8-9-10-11-12-13-14-15-16-17-18-19-20-21-22-26-27(29(32)34-33)23-25(30(2,3)4)24-28(26)31(5,6)7/h23-24,33H,8-22H2,1-7H3. The highest BCUT2D eigenvalue weighted by Crippen LogP contribution is 2.35. The van der Waals surface area contributed by atoms with E-state index in [9.17, 15) is 4.79 Å². The molecular weight excluding hydrogens is 420 g/mol. The Labute approximate surface area is 211 Å². The van der Waals surface area contributed by atoms with E-state index in [-0.39, 0.29) is 10.8 Å². The molecule has 3 heteroatoms. The zero-order valence-electron chi connectivity index (χ0n) is 23.5. The van der Waals surface area contributed by atoms with E-state index in [1.165, 1.54) is 89.0 Å². The maximum atomic E-state index is 12.5. The average molecular weight is 475 g/mol. The van der Waals surface area contributed by atoms with E-state index < -0.39 is 5.97 Å². The maximum Gasteiger partial charge on any atom is 0.373 e. The molecular formula is C31H54O3. The van der Waals surface area contributed by atoms with Crippen LogP contribution < -0.4 is 0 Å². The van der Waals surface area contributed by atoms with Crippen molar-refractivity contribution < 1.29 is 14.9 Å². The van der Waals surface area contributed by atoms with Crippen LogP contribution in [0.3, 0.4) is 0 Å². The second-order valence-corrected chi connectivity index (χ2v) is 12.3. The minimum atomic E-state index is -0.642. The molecule has 1 rings (SSSR count). The summed E-state index contributed by atoms with van der Waals surface area (Å²) in [6.07, 6.45) is 19.5. The molecule has 196 valence electrons. The first kappa shape index (κ1) is 30.7. The Balaban J connectivity index is 2.53. The van der Waals surface area contributed by atoms with Crippen molar-refractivity contribution in [2.75, 3.05) is 0 Å². The molecule has 0 aliphatic heterocycles. The van der Waals surface area contributed by atoms with Gasteiger partial charge in [-0.1, -0.05) is 138 Å². The van der Waals surface area contributed by atoms with Crippen molar-refractivity contribution in [3.8, 4) is 0 Å². The van der Waals surface area contributed by atoms with Crippen LogP contribution in [0.2, 0.25) is 0 Å². The third-order valence-corrected chi connectivity index (χ3v) is 7.01. The number of rotatable bonds is 16. The highest BCUT2D eigenvalue weighted by molar-refractivity contribution is 5.91. The Morgan fingerprint density at radius 1 is 0.706 bits per heavy atom. The van der Waals surface area contributed by atoms with E-state index in [1.807, 2.05) is 6.07 Å². The molecule has 0 unspecified atom stereocenters. The molecule has 0 aliphatic rings. The zero-order chi connectivity index (χ0) is 25.6. The van der Waals surface area contributed by atoms with Gasteiger partial charge >= 0.3 is 5.97 Å². The molecule has 0 saturated carbocycles. The summed E-state index contributed by atoms with van der Waals surface area (Å²) in [5.74, 6) is -0.642. The van der Waals surface area contributed by atoms with Crippen molar-refractivity contribution >= 4 is 5.97 Å². The molecule has 1 N–H and O–H groups in total. The summed E-state index contributed by atoms with van der Waals surface area (Å²) in [7, 11) is 0. The minimum absolute atomic E-state index is 0.0852. The Bertz CT molecular complexity index is 707. The normalized spacial score (nSPS) is 12.2. The molecule has 0 bridgehead atoms. The molecule has 0 fully saturated rings. The second-order valence-electron chi connectivity index (χ2n) is 12.3. The number of hydrogen-bond acceptors (Lipinski definition) is 3. The lowest BCUT2D eigenvalue weighted by Gasteiger charge is -2.29. The lowest BCUT2D eigenvalue weighted by molar-refractivity contribution is -0.182. The summed E-state index contributed by atoms with van der Waals surface area (Å²) in [6.45, 7) is 15.3. The van der Waals surface area contributed by atoms with Gasteiger partial charge in [0.1, 0.15) is 0 Å². The molecule has 1 aromatic rings. The van der Waals surface area contributed by atoms with Gasteiger partial charge in [-0.25, -0.2) is 4.79 Å². The van der Waals surface area contributed by atoms with E-state index in [4.69, 9.17) is 5.26 Å². The molecule has 0 spiro atoms. The quantitative estimate of drug-likeness (QED) is 0.147. The highest BCUT2D eigenvalue weighted by Gasteiger charge is 2.27. The molecule has 0 aliphatic carbocycles. The lowest BCUT2D eigenvalue weighted by Crippen LogP contribution is -2.22. The largest absolute Gasteiger partial charge is 0.373 e. The molecule has 0 atom stereocenters. The predicted molar refractivity (Wildman–Crippen MR) is 146 cm³/mol. The predicted octanol–water partition coefficient (Wildman–Crippen LogP) is 9.94. The molecule has 0 amide bonds. The van der Waals surface area contributed by atoms with E-state index in [0.717, 1.165) is 24.0 Å². The first-order valence-electron chi connectivity index (χ1n) is 14.1. The monoisotopic (exact) mass is 474 g/mol. The first-order chi connectivity index (χ1) is 16.0. The summed E-state index contributed by atoms with van der Waals surface area (Å²) < 4.78 is 0. The van der Waals surface area contributed by atoms with Crippen LogP contribution >= 0.6 is 0 Å². The zero-order valence-corrected chi connectivity index (χ0v) is 23.5. The van der Waals surface area contributed by atoms with Crippen LogP contribution in [-0.2, 0) is 22.1 Å². The smallest absolute Gasteiger partial charge is 0.295 e. The number of unbranched alkanes of at least 4 members (excludes halogenated alkanes) is 13. The fourth-order valence-corrected chi connectivity index (χ4v) is 4.77. The number of carbonyl (C=O) groups is 1. The Kier molecular flexibility index (Phi) is 14.1. The van der Waals surface area contributed by atoms with Crippen molar-refractivity contribution in [1.29, 1.82) is 0 Å². The van der Waals surface area contributed by atoms with Gasteiger partial charge < -0.3 is 0 Å². The van der Waals surface area contributed by atoms with E-state index >= 15 is 0 Å². The third kappa shape index (κ3) is 11.4. The SMILES string of the molecule is CCCCCCCCCCCCCCCCc1c(C(=O)OO)cc(C(C)(C)C)cc1C(C)(C)C. The van der Waals surface area contributed by atoms with Crippen molar-refractivity contribution in [2.24, 2.45) is 0 Å². The van der Waals surface area contributed by atoms with Crippen molar-refractivity contribution in [3.63, 3.8) is 0 Å². The van der Waals surface area contributed by atoms with Gasteiger partial charge in [0.2, 0.25) is 0 Å². The molecule has 0 saturated heterocycles. The Hall–Kier alpha value is -1.35. The molecule has 1 aromatic carbocycles. The lowest BCUT2D eigenvalue weighted by atomic mass is 9.76. The van der Waals surface area contributed by atoms with Crippen LogP contribution in [0.5, 0.6) is 0 Å². The maximum absolute atomic E-state index is 12.5. The van der Waals surface area contributed by atoms with Gasteiger partial charge in [0.05, 0.1) is 5.56 Å².